The van der Waals surface area contributed by atoms with Gasteiger partial charge in [0.05, 0.1) is 5.56 Å². The number of aromatic nitrogens is 1. The quantitative estimate of drug-likeness (QED) is 0.879. The number of pyridine rings is 1. The molecule has 0 saturated carbocycles. The molecule has 1 atom stereocenters. The van der Waals surface area contributed by atoms with E-state index in [0.717, 1.165) is 5.56 Å². The smallest absolute Gasteiger partial charge is 0.254 e. The van der Waals surface area contributed by atoms with E-state index in [9.17, 15) is 4.79 Å². The van der Waals surface area contributed by atoms with E-state index in [4.69, 9.17) is 5.73 Å². The molecule has 0 spiro atoms. The number of carbonyl (C=O) groups is 1. The van der Waals surface area contributed by atoms with Crippen molar-refractivity contribution in [2.45, 2.75) is 6.04 Å². The minimum Gasteiger partial charge on any atom is -0.368 e. The lowest BCUT2D eigenvalue weighted by Gasteiger charge is -2.14. The predicted octanol–water partition coefficient (Wildman–Crippen LogP) is 1.90. The van der Waals surface area contributed by atoms with Crippen molar-refractivity contribution in [2.24, 2.45) is 5.73 Å². The van der Waals surface area contributed by atoms with Crippen LogP contribution in [0.25, 0.3) is 0 Å². The second kappa shape index (κ2) is 6.85. The zero-order chi connectivity index (χ0) is 15.2. The maximum absolute atomic E-state index is 11.8. The van der Waals surface area contributed by atoms with Gasteiger partial charge in [-0.25, -0.2) is 4.98 Å². The number of amides is 1. The highest BCUT2D eigenvalue weighted by Gasteiger charge is 2.09. The van der Waals surface area contributed by atoms with Crippen molar-refractivity contribution < 1.29 is 4.79 Å². The zero-order valence-electron chi connectivity index (χ0n) is 12.3. The number of nitrogens with two attached hydrogens (primary N) is 1. The maximum atomic E-state index is 11.8. The molecular formula is C16H20N4O. The summed E-state index contributed by atoms with van der Waals surface area (Å²) in [6.07, 6.45) is 1.57. The molecule has 0 aliphatic heterocycles. The third-order valence-corrected chi connectivity index (χ3v) is 3.15. The first kappa shape index (κ1) is 15.0. The third kappa shape index (κ3) is 4.03. The highest BCUT2D eigenvalue weighted by Crippen LogP contribution is 2.11. The van der Waals surface area contributed by atoms with Gasteiger partial charge in [0, 0.05) is 32.9 Å². The van der Waals surface area contributed by atoms with Crippen molar-refractivity contribution >= 4 is 11.7 Å². The van der Waals surface area contributed by atoms with Crippen molar-refractivity contribution in [3.8, 4) is 0 Å². The fourth-order valence-corrected chi connectivity index (χ4v) is 1.92. The minimum absolute atomic E-state index is 0.0602. The SMILES string of the molecule is CN(C)C(=O)c1ccc(NCC(N)c2ccccc2)nc1. The van der Waals surface area contributed by atoms with Gasteiger partial charge in [0.1, 0.15) is 5.82 Å². The van der Waals surface area contributed by atoms with Crippen LogP contribution in [0.3, 0.4) is 0 Å². The standard InChI is InChI=1S/C16H20N4O/c1-20(2)16(21)13-8-9-15(18-10-13)19-11-14(17)12-6-4-3-5-7-12/h3-10,14H,11,17H2,1-2H3,(H,18,19). The van der Waals surface area contributed by atoms with E-state index < -0.39 is 0 Å². The summed E-state index contributed by atoms with van der Waals surface area (Å²) in [5.74, 6) is 0.645. The average molecular weight is 284 g/mol. The summed E-state index contributed by atoms with van der Waals surface area (Å²) in [6.45, 7) is 0.581. The molecule has 5 heteroatoms. The lowest BCUT2D eigenvalue weighted by Crippen LogP contribution is -2.22. The molecule has 21 heavy (non-hydrogen) atoms. The van der Waals surface area contributed by atoms with E-state index >= 15 is 0 Å². The third-order valence-electron chi connectivity index (χ3n) is 3.15. The fourth-order valence-electron chi connectivity index (χ4n) is 1.92. The van der Waals surface area contributed by atoms with Gasteiger partial charge in [-0.15, -0.1) is 0 Å². The zero-order valence-corrected chi connectivity index (χ0v) is 12.3. The van der Waals surface area contributed by atoms with Crippen LogP contribution in [0, 0.1) is 0 Å². The van der Waals surface area contributed by atoms with Crippen LogP contribution in [0.15, 0.2) is 48.7 Å². The highest BCUT2D eigenvalue weighted by atomic mass is 16.2. The molecule has 2 aromatic rings. The Labute approximate surface area is 124 Å². The molecule has 0 radical (unpaired) electrons. The van der Waals surface area contributed by atoms with Crippen molar-refractivity contribution in [2.75, 3.05) is 26.0 Å². The molecule has 2 rings (SSSR count). The Hall–Kier alpha value is -2.40. The van der Waals surface area contributed by atoms with Crippen LogP contribution in [0.1, 0.15) is 22.0 Å². The normalized spacial score (nSPS) is 11.8. The van der Waals surface area contributed by atoms with Crippen LogP contribution < -0.4 is 11.1 Å². The van der Waals surface area contributed by atoms with Crippen molar-refractivity contribution in [3.63, 3.8) is 0 Å². The van der Waals surface area contributed by atoms with Gasteiger partial charge >= 0.3 is 0 Å². The van der Waals surface area contributed by atoms with Crippen LogP contribution in [0.2, 0.25) is 0 Å². The van der Waals surface area contributed by atoms with Crippen LogP contribution in [-0.4, -0.2) is 36.4 Å². The average Bonchev–Trinajstić information content (AvgIpc) is 2.53. The molecule has 1 unspecified atom stereocenters. The van der Waals surface area contributed by atoms with Gasteiger partial charge in [0.25, 0.3) is 5.91 Å². The number of nitrogens with one attached hydrogen (secondary N) is 1. The molecule has 0 bridgehead atoms. The first-order valence-electron chi connectivity index (χ1n) is 6.80. The van der Waals surface area contributed by atoms with Crippen LogP contribution >= 0.6 is 0 Å². The molecule has 1 heterocycles. The number of hydrogen-bond acceptors (Lipinski definition) is 4. The van der Waals surface area contributed by atoms with E-state index in [1.54, 1.807) is 32.4 Å². The predicted molar refractivity (Wildman–Crippen MR) is 84.1 cm³/mol. The first-order valence-corrected chi connectivity index (χ1v) is 6.80. The largest absolute Gasteiger partial charge is 0.368 e. The van der Waals surface area contributed by atoms with E-state index in [0.29, 0.717) is 17.9 Å². The van der Waals surface area contributed by atoms with Gasteiger partial charge in [0.15, 0.2) is 0 Å². The van der Waals surface area contributed by atoms with E-state index in [2.05, 4.69) is 10.3 Å². The van der Waals surface area contributed by atoms with Crippen molar-refractivity contribution in [3.05, 3.63) is 59.8 Å². The Morgan fingerprint density at radius 1 is 1.24 bits per heavy atom. The lowest BCUT2D eigenvalue weighted by atomic mass is 10.1. The summed E-state index contributed by atoms with van der Waals surface area (Å²) < 4.78 is 0. The Morgan fingerprint density at radius 2 is 1.95 bits per heavy atom. The van der Waals surface area contributed by atoms with Crippen LogP contribution in [-0.2, 0) is 0 Å². The lowest BCUT2D eigenvalue weighted by molar-refractivity contribution is 0.0827. The summed E-state index contributed by atoms with van der Waals surface area (Å²) >= 11 is 0. The Bertz CT molecular complexity index is 581. The topological polar surface area (TPSA) is 71.2 Å². The molecule has 1 aromatic heterocycles. The second-order valence-corrected chi connectivity index (χ2v) is 5.03. The second-order valence-electron chi connectivity index (χ2n) is 5.03. The van der Waals surface area contributed by atoms with Crippen molar-refractivity contribution in [1.82, 2.24) is 9.88 Å². The summed E-state index contributed by atoms with van der Waals surface area (Å²) in [5.41, 5.74) is 7.75. The summed E-state index contributed by atoms with van der Waals surface area (Å²) in [7, 11) is 3.43. The monoisotopic (exact) mass is 284 g/mol. The van der Waals surface area contributed by atoms with Gasteiger partial charge in [0.2, 0.25) is 0 Å². The molecule has 110 valence electrons. The summed E-state index contributed by atoms with van der Waals surface area (Å²) in [6, 6.07) is 13.3. The number of nitrogens with zero attached hydrogens (tertiary/aromatic N) is 2. The molecule has 1 aromatic carbocycles. The van der Waals surface area contributed by atoms with E-state index in [1.165, 1.54) is 4.90 Å². The van der Waals surface area contributed by atoms with Crippen LogP contribution in [0.4, 0.5) is 5.82 Å². The number of carbonyl (C=O) groups excluding carboxylic acids is 1. The van der Waals surface area contributed by atoms with E-state index in [1.807, 2.05) is 30.3 Å². The Morgan fingerprint density at radius 3 is 2.52 bits per heavy atom. The number of benzene rings is 1. The van der Waals surface area contributed by atoms with E-state index in [-0.39, 0.29) is 11.9 Å². The van der Waals surface area contributed by atoms with Gasteiger partial charge < -0.3 is 16.0 Å². The Balaban J connectivity index is 1.94. The molecule has 0 fully saturated rings. The molecule has 0 aliphatic carbocycles. The van der Waals surface area contributed by atoms with Gasteiger partial charge in [-0.05, 0) is 17.7 Å². The molecule has 1 amide bonds. The van der Waals surface area contributed by atoms with Gasteiger partial charge in [-0.1, -0.05) is 30.3 Å². The highest BCUT2D eigenvalue weighted by molar-refractivity contribution is 5.93. The van der Waals surface area contributed by atoms with Gasteiger partial charge in [-0.3, -0.25) is 4.79 Å². The summed E-state index contributed by atoms with van der Waals surface area (Å²) in [5, 5.41) is 3.18. The first-order chi connectivity index (χ1) is 10.1. The molecule has 0 aliphatic rings. The number of anilines is 1. The molecule has 5 nitrogen and oxygen atoms in total. The fraction of sp³-hybridized carbons (Fsp3) is 0.250. The Kier molecular flexibility index (Phi) is 4.90. The molecule has 0 saturated heterocycles. The number of rotatable bonds is 5. The van der Waals surface area contributed by atoms with Crippen LogP contribution in [0.5, 0.6) is 0 Å². The minimum atomic E-state index is -0.101. The molecule has 3 N–H and O–H groups in total. The number of hydrogen-bond donors (Lipinski definition) is 2. The summed E-state index contributed by atoms with van der Waals surface area (Å²) in [4.78, 5) is 17.5. The van der Waals surface area contributed by atoms with Crippen molar-refractivity contribution in [1.29, 1.82) is 0 Å². The molecular weight excluding hydrogens is 264 g/mol. The van der Waals surface area contributed by atoms with Gasteiger partial charge in [-0.2, -0.15) is 0 Å². The maximum Gasteiger partial charge on any atom is 0.254 e.